The van der Waals surface area contributed by atoms with Crippen molar-refractivity contribution in [1.29, 1.82) is 5.26 Å². The van der Waals surface area contributed by atoms with E-state index in [0.29, 0.717) is 22.9 Å². The fourth-order valence-electron chi connectivity index (χ4n) is 1.74. The van der Waals surface area contributed by atoms with Crippen LogP contribution >= 0.6 is 0 Å². The van der Waals surface area contributed by atoms with Gasteiger partial charge < -0.3 is 5.32 Å². The third kappa shape index (κ3) is 3.13. The quantitative estimate of drug-likeness (QED) is 0.864. The molecule has 1 aromatic heterocycles. The van der Waals surface area contributed by atoms with Crippen LogP contribution in [0.1, 0.15) is 25.1 Å². The zero-order valence-corrected chi connectivity index (χ0v) is 11.4. The Morgan fingerprint density at radius 2 is 2.05 bits per heavy atom. The highest BCUT2D eigenvalue weighted by Crippen LogP contribution is 2.20. The molecule has 0 fully saturated rings. The fourth-order valence-corrected chi connectivity index (χ4v) is 1.74. The van der Waals surface area contributed by atoms with E-state index in [9.17, 15) is 0 Å². The largest absolute Gasteiger partial charge is 0.352 e. The number of benzene rings is 1. The van der Waals surface area contributed by atoms with E-state index in [0.717, 1.165) is 5.56 Å². The van der Waals surface area contributed by atoms with Crippen molar-refractivity contribution in [3.8, 4) is 29.7 Å². The Morgan fingerprint density at radius 3 is 2.70 bits per heavy atom. The molecule has 0 atom stereocenters. The standard InChI is InChI=1S/C16H14N4/c1-4-14-9-15(20-16(19-14)18-11(2)3)13-7-5-6-12(8-13)10-17/h1,5-9,11H,2-3H3,(H,18,19,20). The lowest BCUT2D eigenvalue weighted by atomic mass is 10.1. The SMILES string of the molecule is C#Cc1cc(-c2cccc(C#N)c2)nc(NC(C)C)n1. The predicted molar refractivity (Wildman–Crippen MR) is 78.9 cm³/mol. The van der Waals surface area contributed by atoms with Gasteiger partial charge in [0.1, 0.15) is 5.69 Å². The van der Waals surface area contributed by atoms with E-state index in [1.807, 2.05) is 26.0 Å². The van der Waals surface area contributed by atoms with Gasteiger partial charge in [-0.05, 0) is 32.0 Å². The first-order valence-corrected chi connectivity index (χ1v) is 6.25. The van der Waals surface area contributed by atoms with Gasteiger partial charge in [0.25, 0.3) is 0 Å². The van der Waals surface area contributed by atoms with Gasteiger partial charge in [0, 0.05) is 11.6 Å². The van der Waals surface area contributed by atoms with Gasteiger partial charge in [-0.15, -0.1) is 6.42 Å². The first-order chi connectivity index (χ1) is 9.62. The van der Waals surface area contributed by atoms with Crippen molar-refractivity contribution in [3.63, 3.8) is 0 Å². The van der Waals surface area contributed by atoms with Crippen LogP contribution in [0.5, 0.6) is 0 Å². The number of nitriles is 1. The number of nitrogens with one attached hydrogen (secondary N) is 1. The Labute approximate surface area is 118 Å². The lowest BCUT2D eigenvalue weighted by molar-refractivity contribution is 0.874. The van der Waals surface area contributed by atoms with Crippen LogP contribution in [0.4, 0.5) is 5.95 Å². The molecule has 98 valence electrons. The number of hydrogen-bond donors (Lipinski definition) is 1. The molecule has 0 unspecified atom stereocenters. The van der Waals surface area contributed by atoms with Gasteiger partial charge in [0.05, 0.1) is 17.3 Å². The van der Waals surface area contributed by atoms with Crippen molar-refractivity contribution < 1.29 is 0 Å². The van der Waals surface area contributed by atoms with Crippen LogP contribution in [-0.4, -0.2) is 16.0 Å². The minimum absolute atomic E-state index is 0.210. The first-order valence-electron chi connectivity index (χ1n) is 6.25. The molecule has 0 saturated carbocycles. The first kappa shape index (κ1) is 13.6. The molecule has 2 rings (SSSR count). The van der Waals surface area contributed by atoms with Gasteiger partial charge in [-0.2, -0.15) is 5.26 Å². The van der Waals surface area contributed by atoms with Crippen LogP contribution in [-0.2, 0) is 0 Å². The molecular formula is C16H14N4. The summed E-state index contributed by atoms with van der Waals surface area (Å²) in [5, 5.41) is 12.1. The minimum atomic E-state index is 0.210. The third-order valence-electron chi connectivity index (χ3n) is 2.58. The summed E-state index contributed by atoms with van der Waals surface area (Å²) in [5.41, 5.74) is 2.64. The molecule has 20 heavy (non-hydrogen) atoms. The van der Waals surface area contributed by atoms with Gasteiger partial charge in [-0.25, -0.2) is 9.97 Å². The van der Waals surface area contributed by atoms with Crippen LogP contribution < -0.4 is 5.32 Å². The summed E-state index contributed by atoms with van der Waals surface area (Å²) in [6.45, 7) is 4.00. The van der Waals surface area contributed by atoms with Gasteiger partial charge in [-0.1, -0.05) is 18.1 Å². The van der Waals surface area contributed by atoms with Crippen LogP contribution in [0.2, 0.25) is 0 Å². The molecule has 4 heteroatoms. The highest BCUT2D eigenvalue weighted by atomic mass is 15.1. The summed E-state index contributed by atoms with van der Waals surface area (Å²) in [6.07, 6.45) is 5.43. The zero-order valence-electron chi connectivity index (χ0n) is 11.4. The number of nitrogens with zero attached hydrogens (tertiary/aromatic N) is 3. The molecule has 0 radical (unpaired) electrons. The topological polar surface area (TPSA) is 61.6 Å². The minimum Gasteiger partial charge on any atom is -0.352 e. The van der Waals surface area contributed by atoms with Crippen molar-refractivity contribution in [2.75, 3.05) is 5.32 Å². The van der Waals surface area contributed by atoms with E-state index in [-0.39, 0.29) is 6.04 Å². The maximum atomic E-state index is 8.96. The van der Waals surface area contributed by atoms with Crippen molar-refractivity contribution in [3.05, 3.63) is 41.6 Å². The van der Waals surface area contributed by atoms with Crippen LogP contribution in [0.15, 0.2) is 30.3 Å². The Hall–Kier alpha value is -2.85. The Bertz CT molecular complexity index is 705. The number of hydrogen-bond acceptors (Lipinski definition) is 4. The molecular weight excluding hydrogens is 248 g/mol. The van der Waals surface area contributed by atoms with Crippen LogP contribution in [0.25, 0.3) is 11.3 Å². The lowest BCUT2D eigenvalue weighted by Gasteiger charge is -2.10. The molecule has 0 saturated heterocycles. The molecule has 0 amide bonds. The van der Waals surface area contributed by atoms with E-state index in [2.05, 4.69) is 27.3 Å². The predicted octanol–water partition coefficient (Wildman–Crippen LogP) is 2.82. The van der Waals surface area contributed by atoms with E-state index in [1.165, 1.54) is 0 Å². The average molecular weight is 262 g/mol. The Balaban J connectivity index is 2.50. The number of aromatic nitrogens is 2. The van der Waals surface area contributed by atoms with Gasteiger partial charge in [0.2, 0.25) is 5.95 Å². The molecule has 1 heterocycles. The normalized spacial score (nSPS) is 9.85. The lowest BCUT2D eigenvalue weighted by Crippen LogP contribution is -2.13. The van der Waals surface area contributed by atoms with Crippen molar-refractivity contribution in [1.82, 2.24) is 9.97 Å². The van der Waals surface area contributed by atoms with Gasteiger partial charge in [-0.3, -0.25) is 0 Å². The number of rotatable bonds is 3. The number of anilines is 1. The van der Waals surface area contributed by atoms with Gasteiger partial charge >= 0.3 is 0 Å². The smallest absolute Gasteiger partial charge is 0.224 e. The summed E-state index contributed by atoms with van der Waals surface area (Å²) in [4.78, 5) is 8.68. The third-order valence-corrected chi connectivity index (χ3v) is 2.58. The second-order valence-electron chi connectivity index (χ2n) is 4.60. The van der Waals surface area contributed by atoms with Gasteiger partial charge in [0.15, 0.2) is 0 Å². The highest BCUT2D eigenvalue weighted by molar-refractivity contribution is 5.63. The second kappa shape index (κ2) is 5.86. The van der Waals surface area contributed by atoms with E-state index < -0.39 is 0 Å². The molecule has 0 spiro atoms. The maximum Gasteiger partial charge on any atom is 0.224 e. The maximum absolute atomic E-state index is 8.96. The molecule has 0 aliphatic rings. The number of terminal acetylenes is 1. The summed E-state index contributed by atoms with van der Waals surface area (Å²) in [6, 6.07) is 11.3. The zero-order chi connectivity index (χ0) is 14.5. The van der Waals surface area contributed by atoms with Crippen LogP contribution in [0, 0.1) is 23.7 Å². The Kier molecular flexibility index (Phi) is 3.98. The van der Waals surface area contributed by atoms with E-state index in [4.69, 9.17) is 11.7 Å². The van der Waals surface area contributed by atoms with Crippen molar-refractivity contribution in [2.24, 2.45) is 0 Å². The second-order valence-corrected chi connectivity index (χ2v) is 4.60. The average Bonchev–Trinajstić information content (AvgIpc) is 2.46. The molecule has 2 aromatic rings. The van der Waals surface area contributed by atoms with Crippen LogP contribution in [0.3, 0.4) is 0 Å². The molecule has 0 aliphatic heterocycles. The summed E-state index contributed by atoms with van der Waals surface area (Å²) >= 11 is 0. The molecule has 0 aliphatic carbocycles. The molecule has 1 N–H and O–H groups in total. The molecule has 0 bridgehead atoms. The summed E-state index contributed by atoms with van der Waals surface area (Å²) < 4.78 is 0. The van der Waals surface area contributed by atoms with E-state index >= 15 is 0 Å². The highest BCUT2D eigenvalue weighted by Gasteiger charge is 2.07. The van der Waals surface area contributed by atoms with E-state index in [1.54, 1.807) is 18.2 Å². The summed E-state index contributed by atoms with van der Waals surface area (Å²) in [7, 11) is 0. The Morgan fingerprint density at radius 1 is 1.25 bits per heavy atom. The van der Waals surface area contributed by atoms with Crippen molar-refractivity contribution >= 4 is 5.95 Å². The van der Waals surface area contributed by atoms with Crippen molar-refractivity contribution in [2.45, 2.75) is 19.9 Å². The molecule has 4 nitrogen and oxygen atoms in total. The monoisotopic (exact) mass is 262 g/mol. The molecule has 1 aromatic carbocycles. The fraction of sp³-hybridized carbons (Fsp3) is 0.188. The summed E-state index contributed by atoms with van der Waals surface area (Å²) in [5.74, 6) is 3.02.